The van der Waals surface area contributed by atoms with Crippen molar-refractivity contribution >= 4 is 11.9 Å². The summed E-state index contributed by atoms with van der Waals surface area (Å²) < 4.78 is 4.96. The van der Waals surface area contributed by atoms with E-state index in [1.54, 1.807) is 11.8 Å². The Kier molecular flexibility index (Phi) is 7.11. The number of hydrogen-bond donors (Lipinski definition) is 0. The Morgan fingerprint density at radius 3 is 2.74 bits per heavy atom. The van der Waals surface area contributed by atoms with Crippen molar-refractivity contribution in [1.82, 2.24) is 4.90 Å². The van der Waals surface area contributed by atoms with Crippen molar-refractivity contribution in [3.63, 3.8) is 0 Å². The molecule has 2 rings (SSSR count). The molecule has 1 amide bonds. The summed E-state index contributed by atoms with van der Waals surface area (Å²) in [4.78, 5) is 25.7. The van der Waals surface area contributed by atoms with Gasteiger partial charge in [-0.2, -0.15) is 0 Å². The molecule has 0 aromatic heterocycles. The highest BCUT2D eigenvalue weighted by Crippen LogP contribution is 2.23. The van der Waals surface area contributed by atoms with Gasteiger partial charge in [0.25, 0.3) is 0 Å². The SMILES string of the molecule is CCOC(=O)CN1CCCCC(Cc2ccccc2)CCC1=O. The average molecular weight is 317 g/mol. The van der Waals surface area contributed by atoms with Crippen LogP contribution in [0.5, 0.6) is 0 Å². The third kappa shape index (κ3) is 6.05. The van der Waals surface area contributed by atoms with E-state index >= 15 is 0 Å². The summed E-state index contributed by atoms with van der Waals surface area (Å²) in [6, 6.07) is 10.5. The van der Waals surface area contributed by atoms with Gasteiger partial charge in [0.15, 0.2) is 0 Å². The van der Waals surface area contributed by atoms with Gasteiger partial charge >= 0.3 is 5.97 Å². The van der Waals surface area contributed by atoms with E-state index in [1.165, 1.54) is 5.56 Å². The van der Waals surface area contributed by atoms with Crippen LogP contribution in [0.15, 0.2) is 30.3 Å². The zero-order chi connectivity index (χ0) is 16.5. The molecule has 1 aliphatic rings. The largest absolute Gasteiger partial charge is 0.465 e. The molecule has 0 bridgehead atoms. The Morgan fingerprint density at radius 2 is 2.00 bits per heavy atom. The molecule has 4 heteroatoms. The summed E-state index contributed by atoms with van der Waals surface area (Å²) in [6.45, 7) is 2.90. The molecular weight excluding hydrogens is 290 g/mol. The molecule has 1 unspecified atom stereocenters. The summed E-state index contributed by atoms with van der Waals surface area (Å²) in [6.07, 6.45) is 5.66. The first-order chi connectivity index (χ1) is 11.2. The summed E-state index contributed by atoms with van der Waals surface area (Å²) >= 11 is 0. The number of rotatable bonds is 5. The predicted molar refractivity (Wildman–Crippen MR) is 89.9 cm³/mol. The lowest BCUT2D eigenvalue weighted by atomic mass is 9.90. The topological polar surface area (TPSA) is 46.6 Å². The standard InChI is InChI=1S/C19H27NO3/c1-2-23-19(22)15-20-13-7-6-10-17(11-12-18(20)21)14-16-8-4-3-5-9-16/h3-5,8-9,17H,2,6-7,10-15H2,1H3. The molecule has 4 nitrogen and oxygen atoms in total. The van der Waals surface area contributed by atoms with Crippen LogP contribution in [-0.4, -0.2) is 36.5 Å². The second kappa shape index (κ2) is 9.33. The van der Waals surface area contributed by atoms with Gasteiger partial charge in [0.2, 0.25) is 5.91 Å². The lowest BCUT2D eigenvalue weighted by molar-refractivity contribution is -0.149. The molecule has 0 spiro atoms. The van der Waals surface area contributed by atoms with Crippen molar-refractivity contribution in [2.24, 2.45) is 5.92 Å². The average Bonchev–Trinajstić information content (AvgIpc) is 2.62. The van der Waals surface area contributed by atoms with Gasteiger partial charge in [0.1, 0.15) is 6.54 Å². The zero-order valence-corrected chi connectivity index (χ0v) is 14.0. The van der Waals surface area contributed by atoms with Crippen molar-refractivity contribution < 1.29 is 14.3 Å². The Hall–Kier alpha value is -1.84. The molecule has 1 aromatic carbocycles. The predicted octanol–water partition coefficient (Wildman–Crippen LogP) is 3.20. The quantitative estimate of drug-likeness (QED) is 0.784. The van der Waals surface area contributed by atoms with Crippen LogP contribution < -0.4 is 0 Å². The highest BCUT2D eigenvalue weighted by Gasteiger charge is 2.21. The third-order valence-electron chi connectivity index (χ3n) is 4.40. The molecule has 0 radical (unpaired) electrons. The molecule has 1 heterocycles. The van der Waals surface area contributed by atoms with Crippen LogP contribution in [0.2, 0.25) is 0 Å². The van der Waals surface area contributed by atoms with E-state index in [0.717, 1.165) is 32.1 Å². The fourth-order valence-electron chi connectivity index (χ4n) is 3.17. The molecule has 1 fully saturated rings. The first kappa shape index (κ1) is 17.5. The number of carbonyl (C=O) groups is 2. The first-order valence-electron chi connectivity index (χ1n) is 8.66. The fraction of sp³-hybridized carbons (Fsp3) is 0.579. The minimum atomic E-state index is -0.305. The van der Waals surface area contributed by atoms with Crippen molar-refractivity contribution in [2.75, 3.05) is 19.7 Å². The van der Waals surface area contributed by atoms with Gasteiger partial charge in [-0.05, 0) is 37.7 Å². The van der Waals surface area contributed by atoms with Crippen LogP contribution in [0, 0.1) is 5.92 Å². The highest BCUT2D eigenvalue weighted by molar-refractivity contribution is 5.82. The number of hydrogen-bond acceptors (Lipinski definition) is 3. The van der Waals surface area contributed by atoms with E-state index in [1.807, 2.05) is 6.07 Å². The lowest BCUT2D eigenvalue weighted by Crippen LogP contribution is -2.37. The van der Waals surface area contributed by atoms with Gasteiger partial charge in [-0.15, -0.1) is 0 Å². The molecule has 0 N–H and O–H groups in total. The van der Waals surface area contributed by atoms with Crippen LogP contribution in [0.3, 0.4) is 0 Å². The van der Waals surface area contributed by atoms with Gasteiger partial charge in [-0.3, -0.25) is 9.59 Å². The van der Waals surface area contributed by atoms with Crippen LogP contribution >= 0.6 is 0 Å². The highest BCUT2D eigenvalue weighted by atomic mass is 16.5. The summed E-state index contributed by atoms with van der Waals surface area (Å²) in [5, 5.41) is 0. The summed E-state index contributed by atoms with van der Waals surface area (Å²) in [5.41, 5.74) is 1.34. The molecule has 0 aliphatic carbocycles. The molecule has 1 aromatic rings. The van der Waals surface area contributed by atoms with E-state index in [9.17, 15) is 9.59 Å². The molecule has 1 saturated heterocycles. The number of carbonyl (C=O) groups excluding carboxylic acids is 2. The van der Waals surface area contributed by atoms with Gasteiger partial charge < -0.3 is 9.64 Å². The van der Waals surface area contributed by atoms with Crippen LogP contribution in [0.4, 0.5) is 0 Å². The first-order valence-corrected chi connectivity index (χ1v) is 8.66. The Bertz CT molecular complexity index is 501. The van der Waals surface area contributed by atoms with Crippen LogP contribution in [0.1, 0.15) is 44.6 Å². The second-order valence-corrected chi connectivity index (χ2v) is 6.21. The van der Waals surface area contributed by atoms with E-state index in [-0.39, 0.29) is 18.4 Å². The maximum atomic E-state index is 12.4. The lowest BCUT2D eigenvalue weighted by Gasteiger charge is -2.21. The van der Waals surface area contributed by atoms with Gasteiger partial charge in [-0.25, -0.2) is 0 Å². The normalized spacial score (nSPS) is 19.6. The van der Waals surface area contributed by atoms with Crippen molar-refractivity contribution in [3.05, 3.63) is 35.9 Å². The molecule has 126 valence electrons. The molecule has 1 aliphatic heterocycles. The molecular formula is C19H27NO3. The number of esters is 1. The van der Waals surface area contributed by atoms with Crippen molar-refractivity contribution in [1.29, 1.82) is 0 Å². The van der Waals surface area contributed by atoms with E-state index in [2.05, 4.69) is 24.3 Å². The van der Waals surface area contributed by atoms with Gasteiger partial charge in [0.05, 0.1) is 6.61 Å². The zero-order valence-electron chi connectivity index (χ0n) is 14.0. The Morgan fingerprint density at radius 1 is 1.22 bits per heavy atom. The monoisotopic (exact) mass is 317 g/mol. The summed E-state index contributed by atoms with van der Waals surface area (Å²) in [5.74, 6) is 0.322. The number of amides is 1. The maximum Gasteiger partial charge on any atom is 0.325 e. The molecule has 23 heavy (non-hydrogen) atoms. The number of nitrogens with zero attached hydrogens (tertiary/aromatic N) is 1. The van der Waals surface area contributed by atoms with Gasteiger partial charge in [-0.1, -0.05) is 43.2 Å². The van der Waals surface area contributed by atoms with Crippen LogP contribution in [0.25, 0.3) is 0 Å². The van der Waals surface area contributed by atoms with Gasteiger partial charge in [0, 0.05) is 13.0 Å². The Labute approximate surface area is 138 Å². The Balaban J connectivity index is 1.89. The molecule has 0 saturated carbocycles. The number of benzene rings is 1. The fourth-order valence-corrected chi connectivity index (χ4v) is 3.17. The maximum absolute atomic E-state index is 12.4. The van der Waals surface area contributed by atoms with E-state index < -0.39 is 0 Å². The summed E-state index contributed by atoms with van der Waals surface area (Å²) in [7, 11) is 0. The smallest absolute Gasteiger partial charge is 0.325 e. The molecule has 1 atom stereocenters. The minimum absolute atomic E-state index is 0.0815. The number of ether oxygens (including phenoxy) is 1. The third-order valence-corrected chi connectivity index (χ3v) is 4.40. The van der Waals surface area contributed by atoms with E-state index in [0.29, 0.717) is 25.5 Å². The van der Waals surface area contributed by atoms with Crippen molar-refractivity contribution in [2.45, 2.75) is 45.4 Å². The second-order valence-electron chi connectivity index (χ2n) is 6.21. The minimum Gasteiger partial charge on any atom is -0.465 e. The van der Waals surface area contributed by atoms with E-state index in [4.69, 9.17) is 4.74 Å². The van der Waals surface area contributed by atoms with Crippen LogP contribution in [-0.2, 0) is 20.7 Å². The van der Waals surface area contributed by atoms with Crippen molar-refractivity contribution in [3.8, 4) is 0 Å².